The van der Waals surface area contributed by atoms with E-state index in [1.165, 1.54) is 19.3 Å². The van der Waals surface area contributed by atoms with E-state index in [1.54, 1.807) is 0 Å². The second kappa shape index (κ2) is 6.39. The molecule has 0 bridgehead atoms. The second-order valence-electron chi connectivity index (χ2n) is 4.55. The summed E-state index contributed by atoms with van der Waals surface area (Å²) in [6.45, 7) is 2.91. The van der Waals surface area contributed by atoms with Crippen LogP contribution in [0.3, 0.4) is 0 Å². The molecular weight excluding hydrogens is 210 g/mol. The predicted molar refractivity (Wildman–Crippen MR) is 68.5 cm³/mol. The fourth-order valence-electron chi connectivity index (χ4n) is 2.26. The monoisotopic (exact) mass is 229 g/mol. The molecule has 90 valence electrons. The van der Waals surface area contributed by atoms with Gasteiger partial charge in [0, 0.05) is 19.1 Å². The van der Waals surface area contributed by atoms with Crippen LogP contribution >= 0.6 is 0 Å². The van der Waals surface area contributed by atoms with Gasteiger partial charge in [0.1, 0.15) is 0 Å². The lowest BCUT2D eigenvalue weighted by Gasteiger charge is -2.23. The lowest BCUT2D eigenvalue weighted by atomic mass is 10.0. The molecule has 1 aliphatic heterocycles. The van der Waals surface area contributed by atoms with Crippen LogP contribution in [0.25, 0.3) is 0 Å². The Morgan fingerprint density at radius 1 is 1.35 bits per heavy atom. The van der Waals surface area contributed by atoms with Crippen LogP contribution in [0.2, 0.25) is 0 Å². The molecule has 1 aromatic rings. The standard InChI is InChI=1S/C14H19N3/c15-9-12-5-1-2-6-13(12)10-16-11-14-7-3-4-8-17-14/h1-2,5-6,14,16-17H,3-4,7-8,10-11H2. The van der Waals surface area contributed by atoms with Crippen molar-refractivity contribution in [2.75, 3.05) is 13.1 Å². The quantitative estimate of drug-likeness (QED) is 0.827. The molecule has 1 aromatic carbocycles. The predicted octanol–water partition coefficient (Wildman–Crippen LogP) is 1.79. The average Bonchev–Trinajstić information content (AvgIpc) is 2.40. The number of hydrogen-bond acceptors (Lipinski definition) is 3. The summed E-state index contributed by atoms with van der Waals surface area (Å²) in [7, 11) is 0. The van der Waals surface area contributed by atoms with Crippen molar-refractivity contribution in [2.45, 2.75) is 31.8 Å². The summed E-state index contributed by atoms with van der Waals surface area (Å²) in [4.78, 5) is 0. The van der Waals surface area contributed by atoms with Gasteiger partial charge in [0.2, 0.25) is 0 Å². The summed E-state index contributed by atoms with van der Waals surface area (Å²) in [5.74, 6) is 0. The first kappa shape index (κ1) is 12.1. The van der Waals surface area contributed by atoms with E-state index in [4.69, 9.17) is 5.26 Å². The van der Waals surface area contributed by atoms with Crippen LogP contribution in [0.1, 0.15) is 30.4 Å². The highest BCUT2D eigenvalue weighted by Gasteiger charge is 2.11. The molecule has 1 fully saturated rings. The van der Waals surface area contributed by atoms with E-state index in [0.717, 1.165) is 30.8 Å². The van der Waals surface area contributed by atoms with Crippen LogP contribution in [0.4, 0.5) is 0 Å². The van der Waals surface area contributed by atoms with Crippen molar-refractivity contribution in [2.24, 2.45) is 0 Å². The van der Waals surface area contributed by atoms with E-state index in [9.17, 15) is 0 Å². The molecule has 0 amide bonds. The molecule has 1 saturated heterocycles. The van der Waals surface area contributed by atoms with E-state index in [0.29, 0.717) is 6.04 Å². The minimum absolute atomic E-state index is 0.595. The normalized spacial score (nSPS) is 19.8. The fraction of sp³-hybridized carbons (Fsp3) is 0.500. The third-order valence-corrected chi connectivity index (χ3v) is 3.26. The largest absolute Gasteiger partial charge is 0.313 e. The molecule has 17 heavy (non-hydrogen) atoms. The lowest BCUT2D eigenvalue weighted by molar-refractivity contribution is 0.383. The van der Waals surface area contributed by atoms with Crippen molar-refractivity contribution >= 4 is 0 Å². The Hall–Kier alpha value is -1.37. The van der Waals surface area contributed by atoms with E-state index in [2.05, 4.69) is 16.7 Å². The Morgan fingerprint density at radius 2 is 2.24 bits per heavy atom. The molecular formula is C14H19N3. The molecule has 1 heterocycles. The van der Waals surface area contributed by atoms with Gasteiger partial charge in [-0.25, -0.2) is 0 Å². The molecule has 1 unspecified atom stereocenters. The summed E-state index contributed by atoms with van der Waals surface area (Å²) in [5, 5.41) is 15.9. The van der Waals surface area contributed by atoms with Gasteiger partial charge in [-0.3, -0.25) is 0 Å². The van der Waals surface area contributed by atoms with Crippen molar-refractivity contribution in [1.82, 2.24) is 10.6 Å². The molecule has 0 radical (unpaired) electrons. The van der Waals surface area contributed by atoms with Gasteiger partial charge >= 0.3 is 0 Å². The zero-order chi connectivity index (χ0) is 11.9. The second-order valence-corrected chi connectivity index (χ2v) is 4.55. The highest BCUT2D eigenvalue weighted by Crippen LogP contribution is 2.08. The van der Waals surface area contributed by atoms with Crippen LogP contribution in [-0.2, 0) is 6.54 Å². The van der Waals surface area contributed by atoms with Crippen LogP contribution in [0.15, 0.2) is 24.3 Å². The lowest BCUT2D eigenvalue weighted by Crippen LogP contribution is -2.41. The third-order valence-electron chi connectivity index (χ3n) is 3.26. The van der Waals surface area contributed by atoms with Crippen LogP contribution < -0.4 is 10.6 Å². The number of rotatable bonds is 4. The number of hydrogen-bond donors (Lipinski definition) is 2. The number of nitrogens with one attached hydrogen (secondary N) is 2. The van der Waals surface area contributed by atoms with E-state index in [1.807, 2.05) is 24.3 Å². The molecule has 1 aliphatic rings. The van der Waals surface area contributed by atoms with Gasteiger partial charge < -0.3 is 10.6 Å². The zero-order valence-corrected chi connectivity index (χ0v) is 10.1. The van der Waals surface area contributed by atoms with Crippen LogP contribution in [-0.4, -0.2) is 19.1 Å². The maximum atomic E-state index is 8.98. The minimum Gasteiger partial charge on any atom is -0.313 e. The van der Waals surface area contributed by atoms with Gasteiger partial charge in [0.05, 0.1) is 11.6 Å². The summed E-state index contributed by atoms with van der Waals surface area (Å²) in [6.07, 6.45) is 3.88. The van der Waals surface area contributed by atoms with E-state index in [-0.39, 0.29) is 0 Å². The van der Waals surface area contributed by atoms with Crippen LogP contribution in [0, 0.1) is 11.3 Å². The Bertz CT molecular complexity index is 389. The fourth-order valence-corrected chi connectivity index (χ4v) is 2.26. The van der Waals surface area contributed by atoms with Crippen molar-refractivity contribution < 1.29 is 0 Å². The van der Waals surface area contributed by atoms with Gasteiger partial charge in [0.15, 0.2) is 0 Å². The Morgan fingerprint density at radius 3 is 3.00 bits per heavy atom. The number of nitrogens with zero attached hydrogens (tertiary/aromatic N) is 1. The first-order chi connectivity index (χ1) is 8.40. The van der Waals surface area contributed by atoms with Crippen LogP contribution in [0.5, 0.6) is 0 Å². The molecule has 2 N–H and O–H groups in total. The molecule has 0 saturated carbocycles. The highest BCUT2D eigenvalue weighted by molar-refractivity contribution is 5.37. The van der Waals surface area contributed by atoms with Gasteiger partial charge in [-0.05, 0) is 31.0 Å². The summed E-state index contributed by atoms with van der Waals surface area (Å²) in [5.41, 5.74) is 1.86. The van der Waals surface area contributed by atoms with Gasteiger partial charge in [0.25, 0.3) is 0 Å². The van der Waals surface area contributed by atoms with Crippen molar-refractivity contribution in [3.63, 3.8) is 0 Å². The topological polar surface area (TPSA) is 47.9 Å². The number of nitriles is 1. The maximum absolute atomic E-state index is 8.98. The zero-order valence-electron chi connectivity index (χ0n) is 10.1. The SMILES string of the molecule is N#Cc1ccccc1CNCC1CCCCN1. The number of piperidine rings is 1. The van der Waals surface area contributed by atoms with Crippen molar-refractivity contribution in [1.29, 1.82) is 5.26 Å². The molecule has 3 nitrogen and oxygen atoms in total. The van der Waals surface area contributed by atoms with Gasteiger partial charge in [-0.1, -0.05) is 24.6 Å². The van der Waals surface area contributed by atoms with Crippen molar-refractivity contribution in [3.8, 4) is 6.07 Å². The number of benzene rings is 1. The van der Waals surface area contributed by atoms with Gasteiger partial charge in [-0.15, -0.1) is 0 Å². The maximum Gasteiger partial charge on any atom is 0.0995 e. The Kier molecular flexibility index (Phi) is 4.54. The minimum atomic E-state index is 0.595. The summed E-state index contributed by atoms with van der Waals surface area (Å²) >= 11 is 0. The van der Waals surface area contributed by atoms with E-state index >= 15 is 0 Å². The Balaban J connectivity index is 1.79. The first-order valence-electron chi connectivity index (χ1n) is 6.32. The summed E-state index contributed by atoms with van der Waals surface area (Å²) < 4.78 is 0. The summed E-state index contributed by atoms with van der Waals surface area (Å²) in [6, 6.07) is 10.6. The van der Waals surface area contributed by atoms with E-state index < -0.39 is 0 Å². The first-order valence-corrected chi connectivity index (χ1v) is 6.32. The smallest absolute Gasteiger partial charge is 0.0995 e. The molecule has 2 rings (SSSR count). The molecule has 0 spiro atoms. The third kappa shape index (κ3) is 3.55. The molecule has 3 heteroatoms. The highest BCUT2D eigenvalue weighted by atomic mass is 15.0. The molecule has 0 aliphatic carbocycles. The average molecular weight is 229 g/mol. The molecule has 1 atom stereocenters. The van der Waals surface area contributed by atoms with Crippen molar-refractivity contribution in [3.05, 3.63) is 35.4 Å². The molecule has 0 aromatic heterocycles. The van der Waals surface area contributed by atoms with Gasteiger partial charge in [-0.2, -0.15) is 5.26 Å². The Labute approximate surface area is 103 Å².